The van der Waals surface area contributed by atoms with E-state index in [0.29, 0.717) is 32.3 Å². The van der Waals surface area contributed by atoms with Gasteiger partial charge < -0.3 is 10.4 Å². The van der Waals surface area contributed by atoms with Crippen LogP contribution in [-0.2, 0) is 29.4 Å². The third-order valence-electron chi connectivity index (χ3n) is 7.20. The van der Waals surface area contributed by atoms with Crippen LogP contribution in [0.4, 0.5) is 5.69 Å². The number of pyridine rings is 1. The summed E-state index contributed by atoms with van der Waals surface area (Å²) in [5, 5.41) is 13.6. The molecule has 0 aliphatic carbocycles. The predicted molar refractivity (Wildman–Crippen MR) is 167 cm³/mol. The summed E-state index contributed by atoms with van der Waals surface area (Å²) in [6.07, 6.45) is 4.58. The first-order valence-electron chi connectivity index (χ1n) is 13.8. The van der Waals surface area contributed by atoms with Crippen molar-refractivity contribution in [2.24, 2.45) is 0 Å². The Morgan fingerprint density at radius 2 is 1.59 bits per heavy atom. The monoisotopic (exact) mass is 591 g/mol. The van der Waals surface area contributed by atoms with Gasteiger partial charge in [-0.3, -0.25) is 9.29 Å². The standard InChI is InChI=1S/C33H38ClN3O3S/c1-23-19-25(3)33(26(4)20-23)41(39,40)37(22-28-11-14-30(38)21-31(28)34)29-12-9-27(10-13-29)8-6-16-35-18-15-32-24(2)7-5-17-36-32/h5,7,9-14,17,19-21,35,38H,6,8,15-16,18,22H2,1-4H3. The Kier molecular flexibility index (Phi) is 10.1. The van der Waals surface area contributed by atoms with Crippen molar-refractivity contribution < 1.29 is 13.5 Å². The van der Waals surface area contributed by atoms with E-state index in [1.807, 2.05) is 69.4 Å². The van der Waals surface area contributed by atoms with Crippen LogP contribution in [0.1, 0.15) is 45.5 Å². The number of aryl methyl sites for hydroxylation is 5. The molecule has 0 unspecified atom stereocenters. The fourth-order valence-electron chi connectivity index (χ4n) is 5.18. The molecule has 1 aromatic heterocycles. The van der Waals surface area contributed by atoms with E-state index in [4.69, 9.17) is 11.6 Å². The molecule has 0 radical (unpaired) electrons. The number of phenols is 1. The Bertz CT molecular complexity index is 1580. The Labute approximate surface area is 249 Å². The minimum absolute atomic E-state index is 0.0315. The third-order valence-corrected chi connectivity index (χ3v) is 9.64. The molecule has 0 amide bonds. The van der Waals surface area contributed by atoms with E-state index in [2.05, 4.69) is 23.3 Å². The summed E-state index contributed by atoms with van der Waals surface area (Å²) < 4.78 is 29.7. The van der Waals surface area contributed by atoms with Crippen molar-refractivity contribution in [3.05, 3.63) is 117 Å². The first-order chi connectivity index (χ1) is 19.6. The maximum atomic E-state index is 14.2. The lowest BCUT2D eigenvalue weighted by Gasteiger charge is -2.27. The summed E-state index contributed by atoms with van der Waals surface area (Å²) in [6, 6.07) is 20.1. The van der Waals surface area contributed by atoms with Crippen LogP contribution in [-0.4, -0.2) is 31.6 Å². The lowest BCUT2D eigenvalue weighted by atomic mass is 10.1. The number of hydrogen-bond donors (Lipinski definition) is 2. The normalized spacial score (nSPS) is 11.5. The van der Waals surface area contributed by atoms with Gasteiger partial charge in [0.15, 0.2) is 0 Å². The first-order valence-corrected chi connectivity index (χ1v) is 15.7. The molecule has 0 fully saturated rings. The highest BCUT2D eigenvalue weighted by Crippen LogP contribution is 2.33. The molecule has 1 heterocycles. The van der Waals surface area contributed by atoms with Crippen molar-refractivity contribution >= 4 is 27.3 Å². The van der Waals surface area contributed by atoms with Gasteiger partial charge in [-0.2, -0.15) is 0 Å². The molecule has 216 valence electrons. The average Bonchev–Trinajstić information content (AvgIpc) is 2.91. The van der Waals surface area contributed by atoms with Crippen LogP contribution in [0, 0.1) is 27.7 Å². The van der Waals surface area contributed by atoms with Crippen molar-refractivity contribution in [1.82, 2.24) is 10.3 Å². The molecule has 0 spiro atoms. The molecule has 0 saturated carbocycles. The van der Waals surface area contributed by atoms with Crippen LogP contribution in [0.25, 0.3) is 0 Å². The van der Waals surface area contributed by atoms with Gasteiger partial charge in [0.1, 0.15) is 5.75 Å². The van der Waals surface area contributed by atoms with Gasteiger partial charge in [-0.1, -0.05) is 53.6 Å². The maximum absolute atomic E-state index is 14.2. The largest absolute Gasteiger partial charge is 0.508 e. The van der Waals surface area contributed by atoms with Crippen LogP contribution in [0.5, 0.6) is 5.75 Å². The number of rotatable bonds is 12. The molecule has 6 nitrogen and oxygen atoms in total. The van der Waals surface area contributed by atoms with Crippen LogP contribution in [0.2, 0.25) is 5.02 Å². The summed E-state index contributed by atoms with van der Waals surface area (Å²) in [5.41, 5.74) is 7.05. The van der Waals surface area contributed by atoms with Gasteiger partial charge in [-0.25, -0.2) is 8.42 Å². The number of phenolic OH excluding ortho intramolecular Hbond substituents is 1. The van der Waals surface area contributed by atoms with Crippen LogP contribution < -0.4 is 9.62 Å². The summed E-state index contributed by atoms with van der Waals surface area (Å²) in [4.78, 5) is 4.75. The van der Waals surface area contributed by atoms with Crippen molar-refractivity contribution in [2.45, 2.75) is 58.4 Å². The molecule has 0 aliphatic heterocycles. The van der Waals surface area contributed by atoms with E-state index >= 15 is 0 Å². The number of halogens is 1. The molecule has 0 bridgehead atoms. The van der Waals surface area contributed by atoms with E-state index in [1.165, 1.54) is 22.0 Å². The molecule has 2 N–H and O–H groups in total. The summed E-state index contributed by atoms with van der Waals surface area (Å²) in [6.45, 7) is 9.50. The summed E-state index contributed by atoms with van der Waals surface area (Å²) >= 11 is 6.41. The summed E-state index contributed by atoms with van der Waals surface area (Å²) in [7, 11) is -3.93. The number of aromatic nitrogens is 1. The minimum atomic E-state index is -3.93. The van der Waals surface area contributed by atoms with Crippen molar-refractivity contribution in [2.75, 3.05) is 17.4 Å². The second-order valence-electron chi connectivity index (χ2n) is 10.6. The van der Waals surface area contributed by atoms with Crippen molar-refractivity contribution in [1.29, 1.82) is 0 Å². The van der Waals surface area contributed by atoms with Gasteiger partial charge in [0, 0.05) is 29.9 Å². The molecule has 0 aliphatic rings. The fourth-order valence-corrected chi connectivity index (χ4v) is 7.27. The van der Waals surface area contributed by atoms with Gasteiger partial charge in [0.25, 0.3) is 10.0 Å². The number of nitrogens with zero attached hydrogens (tertiary/aromatic N) is 2. The van der Waals surface area contributed by atoms with Crippen molar-refractivity contribution in [3.8, 4) is 5.75 Å². The number of hydrogen-bond acceptors (Lipinski definition) is 5. The van der Waals surface area contributed by atoms with Crippen molar-refractivity contribution in [3.63, 3.8) is 0 Å². The maximum Gasteiger partial charge on any atom is 0.265 e. The fraction of sp³-hybridized carbons (Fsp3) is 0.303. The second kappa shape index (κ2) is 13.5. The lowest BCUT2D eigenvalue weighted by molar-refractivity contribution is 0.475. The summed E-state index contributed by atoms with van der Waals surface area (Å²) in [5.74, 6) is 0.0315. The zero-order valence-corrected chi connectivity index (χ0v) is 25.7. The number of anilines is 1. The van der Waals surface area contributed by atoms with E-state index in [1.54, 1.807) is 6.07 Å². The number of sulfonamides is 1. The topological polar surface area (TPSA) is 82.5 Å². The van der Waals surface area contributed by atoms with Gasteiger partial charge in [0.05, 0.1) is 17.1 Å². The van der Waals surface area contributed by atoms with Gasteiger partial charge in [-0.15, -0.1) is 0 Å². The molecule has 4 rings (SSSR count). The van der Waals surface area contributed by atoms with Gasteiger partial charge in [-0.05, 0) is 105 Å². The lowest BCUT2D eigenvalue weighted by Crippen LogP contribution is -2.32. The Balaban J connectivity index is 1.49. The average molecular weight is 592 g/mol. The quantitative estimate of drug-likeness (QED) is 0.176. The predicted octanol–water partition coefficient (Wildman–Crippen LogP) is 6.83. The van der Waals surface area contributed by atoms with Gasteiger partial charge >= 0.3 is 0 Å². The minimum Gasteiger partial charge on any atom is -0.508 e. The highest BCUT2D eigenvalue weighted by molar-refractivity contribution is 7.92. The Morgan fingerprint density at radius 1 is 0.878 bits per heavy atom. The molecule has 8 heteroatoms. The molecular formula is C33H38ClN3O3S. The molecule has 0 saturated heterocycles. The highest BCUT2D eigenvalue weighted by Gasteiger charge is 2.29. The van der Waals surface area contributed by atoms with Crippen LogP contribution >= 0.6 is 11.6 Å². The van der Waals surface area contributed by atoms with E-state index in [9.17, 15) is 13.5 Å². The molecule has 3 aromatic carbocycles. The Morgan fingerprint density at radius 3 is 2.24 bits per heavy atom. The van der Waals surface area contributed by atoms with E-state index in [0.717, 1.165) is 49.2 Å². The number of nitrogens with one attached hydrogen (secondary N) is 1. The van der Waals surface area contributed by atoms with Gasteiger partial charge in [0.2, 0.25) is 0 Å². The first kappa shape index (κ1) is 30.6. The zero-order chi connectivity index (χ0) is 29.6. The van der Waals surface area contributed by atoms with Crippen LogP contribution in [0.3, 0.4) is 0 Å². The van der Waals surface area contributed by atoms with E-state index < -0.39 is 10.0 Å². The zero-order valence-electron chi connectivity index (χ0n) is 24.1. The molecular weight excluding hydrogens is 554 g/mol. The second-order valence-corrected chi connectivity index (χ2v) is 12.8. The molecule has 0 atom stereocenters. The van der Waals surface area contributed by atoms with Crippen LogP contribution in [0.15, 0.2) is 77.8 Å². The van der Waals surface area contributed by atoms with E-state index in [-0.39, 0.29) is 12.3 Å². The smallest absolute Gasteiger partial charge is 0.265 e. The third kappa shape index (κ3) is 7.67. The Hall–Kier alpha value is -3.39. The molecule has 4 aromatic rings. The SMILES string of the molecule is Cc1cc(C)c(S(=O)(=O)N(Cc2ccc(O)cc2Cl)c2ccc(CCCNCCc3ncccc3C)cc2)c(C)c1. The highest BCUT2D eigenvalue weighted by atomic mass is 35.5. The number of aromatic hydroxyl groups is 1. The molecule has 41 heavy (non-hydrogen) atoms. The number of benzene rings is 3.